The van der Waals surface area contributed by atoms with Crippen LogP contribution in [0.25, 0.3) is 0 Å². The molecule has 1 fully saturated rings. The third-order valence-electron chi connectivity index (χ3n) is 4.04. The van der Waals surface area contributed by atoms with Gasteiger partial charge in [0.05, 0.1) is 11.5 Å². The number of carbonyl (C=O) groups excluding carboxylic acids is 1. The summed E-state index contributed by atoms with van der Waals surface area (Å²) < 4.78 is 5.07. The van der Waals surface area contributed by atoms with E-state index >= 15 is 0 Å². The number of carboxylic acids is 1. The molecule has 0 saturated heterocycles. The summed E-state index contributed by atoms with van der Waals surface area (Å²) in [6.45, 7) is 0.249. The van der Waals surface area contributed by atoms with Crippen LogP contribution in [-0.4, -0.2) is 34.4 Å². The minimum absolute atomic E-state index is 0.0764. The van der Waals surface area contributed by atoms with Crippen LogP contribution in [0, 0.1) is 5.92 Å². The van der Waals surface area contributed by atoms with E-state index in [9.17, 15) is 14.7 Å². The predicted molar refractivity (Wildman–Crippen MR) is 79.2 cm³/mol. The second kappa shape index (κ2) is 7.26. The van der Waals surface area contributed by atoms with E-state index in [0.717, 1.165) is 5.56 Å². The fraction of sp³-hybridized carbons (Fsp3) is 0.500. The molecule has 1 aromatic carbocycles. The van der Waals surface area contributed by atoms with E-state index < -0.39 is 23.6 Å². The molecule has 6 nitrogen and oxygen atoms in total. The number of carboxylic acid groups (broad SMARTS) is 1. The van der Waals surface area contributed by atoms with Crippen molar-refractivity contribution in [2.45, 2.75) is 37.9 Å². The number of alkyl carbamates (subject to hydrolysis) is 1. The van der Waals surface area contributed by atoms with Crippen LogP contribution < -0.4 is 5.32 Å². The van der Waals surface area contributed by atoms with E-state index in [0.29, 0.717) is 25.7 Å². The summed E-state index contributed by atoms with van der Waals surface area (Å²) in [4.78, 5) is 22.5. The molecular weight excluding hydrogens is 286 g/mol. The zero-order valence-corrected chi connectivity index (χ0v) is 12.3. The van der Waals surface area contributed by atoms with Crippen LogP contribution in [0.5, 0.6) is 0 Å². The first kappa shape index (κ1) is 16.3. The molecule has 1 aliphatic carbocycles. The van der Waals surface area contributed by atoms with Crippen LogP contribution >= 0.6 is 0 Å². The van der Waals surface area contributed by atoms with Crippen molar-refractivity contribution in [1.82, 2.24) is 5.32 Å². The molecule has 0 aromatic heterocycles. The zero-order valence-electron chi connectivity index (χ0n) is 12.3. The number of aliphatic carboxylic acids is 1. The van der Waals surface area contributed by atoms with E-state index in [1.807, 2.05) is 30.3 Å². The van der Waals surface area contributed by atoms with Crippen LogP contribution in [0.1, 0.15) is 31.2 Å². The number of rotatable bonds is 5. The highest BCUT2D eigenvalue weighted by atomic mass is 16.5. The Balaban J connectivity index is 1.71. The summed E-state index contributed by atoms with van der Waals surface area (Å²) in [6, 6.07) is 9.31. The molecule has 0 bridgehead atoms. The molecule has 0 spiro atoms. The van der Waals surface area contributed by atoms with Crippen molar-refractivity contribution in [3.05, 3.63) is 35.9 Å². The largest absolute Gasteiger partial charge is 0.481 e. The number of benzene rings is 1. The molecular formula is C16H21NO5. The van der Waals surface area contributed by atoms with Gasteiger partial charge in [0, 0.05) is 6.54 Å². The highest BCUT2D eigenvalue weighted by molar-refractivity contribution is 5.70. The maximum absolute atomic E-state index is 11.6. The molecule has 120 valence electrons. The molecule has 6 heteroatoms. The van der Waals surface area contributed by atoms with Crippen molar-refractivity contribution < 1.29 is 24.5 Å². The minimum atomic E-state index is -1.04. The van der Waals surface area contributed by atoms with Gasteiger partial charge in [0.25, 0.3) is 0 Å². The Morgan fingerprint density at radius 2 is 1.86 bits per heavy atom. The van der Waals surface area contributed by atoms with Crippen LogP contribution in [-0.2, 0) is 16.1 Å². The number of amides is 1. The van der Waals surface area contributed by atoms with Gasteiger partial charge in [0.2, 0.25) is 0 Å². The van der Waals surface area contributed by atoms with Gasteiger partial charge >= 0.3 is 12.1 Å². The monoisotopic (exact) mass is 307 g/mol. The first-order valence-electron chi connectivity index (χ1n) is 7.38. The summed E-state index contributed by atoms with van der Waals surface area (Å²) in [5.41, 5.74) is -0.157. The normalized spacial score (nSPS) is 24.5. The van der Waals surface area contributed by atoms with Gasteiger partial charge in [-0.2, -0.15) is 0 Å². The summed E-state index contributed by atoms with van der Waals surface area (Å²) >= 11 is 0. The lowest BCUT2D eigenvalue weighted by molar-refractivity contribution is -0.144. The first-order valence-corrected chi connectivity index (χ1v) is 7.38. The minimum Gasteiger partial charge on any atom is -0.481 e. The molecule has 0 radical (unpaired) electrons. The Morgan fingerprint density at radius 1 is 1.23 bits per heavy atom. The number of carbonyl (C=O) groups is 2. The number of hydrogen-bond acceptors (Lipinski definition) is 4. The van der Waals surface area contributed by atoms with Gasteiger partial charge in [-0.15, -0.1) is 0 Å². The van der Waals surface area contributed by atoms with Crippen molar-refractivity contribution in [3.63, 3.8) is 0 Å². The fourth-order valence-corrected chi connectivity index (χ4v) is 2.59. The molecule has 2 rings (SSSR count). The lowest BCUT2D eigenvalue weighted by Gasteiger charge is -2.34. The molecule has 22 heavy (non-hydrogen) atoms. The Hall–Kier alpha value is -2.08. The maximum Gasteiger partial charge on any atom is 0.407 e. The predicted octanol–water partition coefficient (Wildman–Crippen LogP) is 1.92. The van der Waals surface area contributed by atoms with Crippen LogP contribution in [0.4, 0.5) is 4.79 Å². The Bertz CT molecular complexity index is 509. The van der Waals surface area contributed by atoms with Gasteiger partial charge in [0.1, 0.15) is 6.61 Å². The molecule has 0 heterocycles. The second-order valence-electron chi connectivity index (χ2n) is 5.75. The van der Waals surface area contributed by atoms with E-state index in [1.165, 1.54) is 0 Å². The standard InChI is InChI=1S/C16H21NO5/c18-14(19)13-6-8-16(21,9-7-13)11-17-15(20)22-10-12-4-2-1-3-5-12/h1-5,13,21H,6-11H2,(H,17,20)(H,18,19). The van der Waals surface area contributed by atoms with Crippen molar-refractivity contribution in [3.8, 4) is 0 Å². The lowest BCUT2D eigenvalue weighted by atomic mass is 9.79. The van der Waals surface area contributed by atoms with Gasteiger partial charge in [-0.3, -0.25) is 4.79 Å². The van der Waals surface area contributed by atoms with Crippen molar-refractivity contribution in [1.29, 1.82) is 0 Å². The van der Waals surface area contributed by atoms with E-state index in [4.69, 9.17) is 9.84 Å². The second-order valence-corrected chi connectivity index (χ2v) is 5.75. The molecule has 0 aliphatic heterocycles. The molecule has 3 N–H and O–H groups in total. The third-order valence-corrected chi connectivity index (χ3v) is 4.04. The third kappa shape index (κ3) is 4.73. The number of aliphatic hydroxyl groups is 1. The molecule has 1 aliphatic rings. The van der Waals surface area contributed by atoms with Gasteiger partial charge in [-0.05, 0) is 31.2 Å². The summed E-state index contributed by atoms with van der Waals surface area (Å²) in [6.07, 6.45) is 0.989. The average molecular weight is 307 g/mol. The first-order chi connectivity index (χ1) is 10.5. The van der Waals surface area contributed by atoms with Crippen molar-refractivity contribution in [2.24, 2.45) is 5.92 Å². The van der Waals surface area contributed by atoms with Gasteiger partial charge in [-0.25, -0.2) is 4.79 Å². The smallest absolute Gasteiger partial charge is 0.407 e. The Labute approximate surface area is 129 Å². The lowest BCUT2D eigenvalue weighted by Crippen LogP contribution is -2.46. The zero-order chi connectivity index (χ0) is 16.0. The average Bonchev–Trinajstić information content (AvgIpc) is 2.52. The SMILES string of the molecule is O=C(NCC1(O)CCC(C(=O)O)CC1)OCc1ccccc1. The summed E-state index contributed by atoms with van der Waals surface area (Å²) in [5.74, 6) is -1.22. The van der Waals surface area contributed by atoms with Gasteiger partial charge in [0.15, 0.2) is 0 Å². The Morgan fingerprint density at radius 3 is 2.45 bits per heavy atom. The highest BCUT2D eigenvalue weighted by Gasteiger charge is 2.36. The maximum atomic E-state index is 11.6. The van der Waals surface area contributed by atoms with Crippen LogP contribution in [0.2, 0.25) is 0 Å². The van der Waals surface area contributed by atoms with E-state index in [2.05, 4.69) is 5.32 Å². The summed E-state index contributed by atoms with van der Waals surface area (Å²) in [5, 5.41) is 21.8. The molecule has 1 saturated carbocycles. The molecule has 1 aromatic rings. The van der Waals surface area contributed by atoms with Gasteiger partial charge in [-0.1, -0.05) is 30.3 Å². The number of nitrogens with one attached hydrogen (secondary N) is 1. The van der Waals surface area contributed by atoms with Crippen LogP contribution in [0.3, 0.4) is 0 Å². The fourth-order valence-electron chi connectivity index (χ4n) is 2.59. The van der Waals surface area contributed by atoms with Crippen molar-refractivity contribution >= 4 is 12.1 Å². The summed E-state index contributed by atoms with van der Waals surface area (Å²) in [7, 11) is 0. The number of hydrogen-bond donors (Lipinski definition) is 3. The highest BCUT2D eigenvalue weighted by Crippen LogP contribution is 2.31. The molecule has 0 unspecified atom stereocenters. The van der Waals surface area contributed by atoms with Crippen LogP contribution in [0.15, 0.2) is 30.3 Å². The molecule has 1 amide bonds. The quantitative estimate of drug-likeness (QED) is 0.772. The molecule has 0 atom stereocenters. The van der Waals surface area contributed by atoms with E-state index in [1.54, 1.807) is 0 Å². The van der Waals surface area contributed by atoms with Crippen molar-refractivity contribution in [2.75, 3.05) is 6.54 Å². The Kier molecular flexibility index (Phi) is 5.38. The van der Waals surface area contributed by atoms with Gasteiger partial charge < -0.3 is 20.3 Å². The topological polar surface area (TPSA) is 95.9 Å². The van der Waals surface area contributed by atoms with E-state index in [-0.39, 0.29) is 13.2 Å². The number of ether oxygens (including phenoxy) is 1.